The second kappa shape index (κ2) is 14.4. The molecule has 11 heteroatoms. The Kier molecular flexibility index (Phi) is 10.4. The molecule has 0 N–H and O–H groups in total. The molecule has 4 heterocycles. The highest BCUT2D eigenvalue weighted by atomic mass is 19.3. The van der Waals surface area contributed by atoms with E-state index in [9.17, 15) is 13.6 Å². The number of halogens is 2. The molecule has 5 rings (SSSR count). The van der Waals surface area contributed by atoms with E-state index in [4.69, 9.17) is 4.42 Å². The Bertz CT molecular complexity index is 1360. The lowest BCUT2D eigenvalue weighted by molar-refractivity contribution is -0.108. The number of aromatic nitrogens is 4. The summed E-state index contributed by atoms with van der Waals surface area (Å²) in [5.74, 6) is -0.709. The van der Waals surface area contributed by atoms with Crippen molar-refractivity contribution in [2.75, 3.05) is 36.5 Å². The number of hydrogen-bond donors (Lipinski definition) is 0. The SMILES string of the molecule is CCN1CCC(N(C=O)c2ccccc2N(C)Cc2ccc(-c3nnc(C(F)F)o3)cn2)CC1.Cc1cccnc1. The van der Waals surface area contributed by atoms with Gasteiger partial charge in [0.05, 0.1) is 29.2 Å². The maximum atomic E-state index is 12.7. The highest BCUT2D eigenvalue weighted by Gasteiger charge is 2.26. The number of pyridine rings is 2. The number of nitrogens with zero attached hydrogens (tertiary/aromatic N) is 7. The van der Waals surface area contributed by atoms with Gasteiger partial charge in [-0.1, -0.05) is 25.1 Å². The van der Waals surface area contributed by atoms with E-state index in [-0.39, 0.29) is 11.9 Å². The van der Waals surface area contributed by atoms with Gasteiger partial charge in [0.25, 0.3) is 5.89 Å². The first-order valence-corrected chi connectivity index (χ1v) is 13.6. The van der Waals surface area contributed by atoms with Gasteiger partial charge in [-0.3, -0.25) is 14.8 Å². The standard InChI is InChI=1S/C24H28F2N6O2.C6H7N/c1-3-31-12-10-19(11-13-31)32(16-33)21-7-5-4-6-20(21)30(2)15-18-9-8-17(14-27-18)23-28-29-24(34-23)22(25)26;1-6-3-2-4-7-5-6/h4-9,14,16,19,22H,3,10-13,15H2,1-2H3;2-5H,1H3. The largest absolute Gasteiger partial charge is 0.415 e. The van der Waals surface area contributed by atoms with Crippen molar-refractivity contribution < 1.29 is 18.0 Å². The summed E-state index contributed by atoms with van der Waals surface area (Å²) in [7, 11) is 1.95. The van der Waals surface area contributed by atoms with Gasteiger partial charge < -0.3 is 19.1 Å². The van der Waals surface area contributed by atoms with E-state index >= 15 is 0 Å². The summed E-state index contributed by atoms with van der Waals surface area (Å²) in [6, 6.07) is 15.5. The number of anilines is 2. The molecule has 0 spiro atoms. The Hall–Kier alpha value is -4.25. The molecule has 0 saturated carbocycles. The summed E-state index contributed by atoms with van der Waals surface area (Å²) in [4.78, 5) is 26.7. The number of piperidine rings is 1. The summed E-state index contributed by atoms with van der Waals surface area (Å²) < 4.78 is 30.4. The van der Waals surface area contributed by atoms with Crippen molar-refractivity contribution in [1.29, 1.82) is 0 Å². The van der Waals surface area contributed by atoms with E-state index in [1.807, 2.05) is 66.4 Å². The topological polar surface area (TPSA) is 91.5 Å². The summed E-state index contributed by atoms with van der Waals surface area (Å²) in [5, 5.41) is 7.00. The lowest BCUT2D eigenvalue weighted by atomic mass is 10.0. The fourth-order valence-electron chi connectivity index (χ4n) is 4.72. The van der Waals surface area contributed by atoms with Crippen molar-refractivity contribution in [2.45, 2.75) is 45.7 Å². The second-order valence-electron chi connectivity index (χ2n) is 9.84. The van der Waals surface area contributed by atoms with Crippen LogP contribution in [0.1, 0.15) is 43.3 Å². The lowest BCUT2D eigenvalue weighted by Gasteiger charge is -2.37. The van der Waals surface area contributed by atoms with Gasteiger partial charge >= 0.3 is 6.43 Å². The second-order valence-corrected chi connectivity index (χ2v) is 9.84. The molecule has 3 aromatic heterocycles. The van der Waals surface area contributed by atoms with Gasteiger partial charge in [-0.05, 0) is 62.2 Å². The first-order valence-electron chi connectivity index (χ1n) is 13.6. The zero-order chi connectivity index (χ0) is 29.2. The number of carbonyl (C=O) groups excluding carboxylic acids is 1. The van der Waals surface area contributed by atoms with Crippen molar-refractivity contribution in [1.82, 2.24) is 25.1 Å². The first kappa shape index (κ1) is 29.7. The van der Waals surface area contributed by atoms with Crippen LogP contribution >= 0.6 is 0 Å². The number of rotatable bonds is 9. The quantitative estimate of drug-likeness (QED) is 0.245. The molecule has 9 nitrogen and oxygen atoms in total. The molecule has 41 heavy (non-hydrogen) atoms. The number of hydrogen-bond acceptors (Lipinski definition) is 8. The Labute approximate surface area is 238 Å². The van der Waals surface area contributed by atoms with Crippen LogP contribution in [0.5, 0.6) is 0 Å². The molecule has 0 radical (unpaired) electrons. The van der Waals surface area contributed by atoms with E-state index in [1.165, 1.54) is 11.8 Å². The van der Waals surface area contributed by atoms with E-state index < -0.39 is 12.3 Å². The monoisotopic (exact) mass is 563 g/mol. The number of benzene rings is 1. The summed E-state index contributed by atoms with van der Waals surface area (Å²) in [6.45, 7) is 7.67. The fourth-order valence-corrected chi connectivity index (χ4v) is 4.72. The van der Waals surface area contributed by atoms with Crippen LogP contribution in [0.2, 0.25) is 0 Å². The normalized spacial score (nSPS) is 13.9. The van der Waals surface area contributed by atoms with Crippen molar-refractivity contribution >= 4 is 17.8 Å². The van der Waals surface area contributed by atoms with Crippen molar-refractivity contribution in [3.63, 3.8) is 0 Å². The van der Waals surface area contributed by atoms with Crippen LogP contribution in [-0.4, -0.2) is 64.2 Å². The van der Waals surface area contributed by atoms with Gasteiger partial charge in [0, 0.05) is 44.8 Å². The zero-order valence-electron chi connectivity index (χ0n) is 23.5. The summed E-state index contributed by atoms with van der Waals surface area (Å²) in [6.07, 6.45) is 5.13. The van der Waals surface area contributed by atoms with E-state index in [0.29, 0.717) is 12.1 Å². The minimum absolute atomic E-state index is 0.00351. The molecular weight excluding hydrogens is 528 g/mol. The molecule has 1 fully saturated rings. The third kappa shape index (κ3) is 7.91. The van der Waals surface area contributed by atoms with E-state index in [0.717, 1.165) is 56.0 Å². The molecule has 1 aliphatic heterocycles. The van der Waals surface area contributed by atoms with Crippen molar-refractivity contribution in [3.8, 4) is 11.5 Å². The molecule has 0 aliphatic carbocycles. The number of aryl methyl sites for hydroxylation is 1. The minimum atomic E-state index is -2.81. The van der Waals surface area contributed by atoms with Gasteiger partial charge in [-0.2, -0.15) is 8.78 Å². The van der Waals surface area contributed by atoms with Gasteiger partial charge in [-0.25, -0.2) is 0 Å². The molecule has 0 unspecified atom stereocenters. The zero-order valence-corrected chi connectivity index (χ0v) is 23.5. The van der Waals surface area contributed by atoms with Crippen LogP contribution in [-0.2, 0) is 11.3 Å². The Balaban J connectivity index is 0.000000483. The van der Waals surface area contributed by atoms with Crippen LogP contribution < -0.4 is 9.80 Å². The Morgan fingerprint density at radius 1 is 1.05 bits per heavy atom. The molecule has 1 aliphatic rings. The molecule has 216 valence electrons. The smallest absolute Gasteiger partial charge is 0.314 e. The van der Waals surface area contributed by atoms with Gasteiger partial charge in [-0.15, -0.1) is 10.2 Å². The highest BCUT2D eigenvalue weighted by molar-refractivity contribution is 5.84. The number of carbonyl (C=O) groups is 1. The van der Waals surface area contributed by atoms with Crippen LogP contribution in [0.15, 0.2) is 71.5 Å². The molecular formula is C30H35F2N7O2. The number of amides is 1. The predicted molar refractivity (Wildman–Crippen MR) is 154 cm³/mol. The average molecular weight is 564 g/mol. The Morgan fingerprint density at radius 2 is 1.80 bits per heavy atom. The third-order valence-corrected chi connectivity index (χ3v) is 6.99. The van der Waals surface area contributed by atoms with Crippen LogP contribution in [0, 0.1) is 6.92 Å². The molecule has 4 aromatic rings. The molecule has 1 aromatic carbocycles. The maximum Gasteiger partial charge on any atom is 0.314 e. The lowest BCUT2D eigenvalue weighted by Crippen LogP contribution is -2.44. The molecule has 1 amide bonds. The number of likely N-dealkylation sites (tertiary alicyclic amines) is 1. The minimum Gasteiger partial charge on any atom is -0.415 e. The molecule has 1 saturated heterocycles. The highest BCUT2D eigenvalue weighted by Crippen LogP contribution is 2.32. The average Bonchev–Trinajstić information content (AvgIpc) is 3.50. The van der Waals surface area contributed by atoms with Crippen molar-refractivity contribution in [2.24, 2.45) is 0 Å². The van der Waals surface area contributed by atoms with Crippen LogP contribution in [0.3, 0.4) is 0 Å². The molecule has 0 atom stereocenters. The van der Waals surface area contributed by atoms with E-state index in [2.05, 4.69) is 32.0 Å². The number of alkyl halides is 2. The van der Waals surface area contributed by atoms with Crippen molar-refractivity contribution in [3.05, 3.63) is 84.3 Å². The maximum absolute atomic E-state index is 12.7. The predicted octanol–water partition coefficient (Wildman–Crippen LogP) is 5.54. The summed E-state index contributed by atoms with van der Waals surface area (Å²) >= 11 is 0. The number of para-hydroxylation sites is 2. The van der Waals surface area contributed by atoms with Crippen LogP contribution in [0.25, 0.3) is 11.5 Å². The van der Waals surface area contributed by atoms with Gasteiger partial charge in [0.2, 0.25) is 12.3 Å². The first-order chi connectivity index (χ1) is 19.9. The fraction of sp³-hybridized carbons (Fsp3) is 0.367. The van der Waals surface area contributed by atoms with E-state index in [1.54, 1.807) is 18.3 Å². The third-order valence-electron chi connectivity index (χ3n) is 6.99. The van der Waals surface area contributed by atoms with Crippen LogP contribution in [0.4, 0.5) is 20.2 Å². The van der Waals surface area contributed by atoms with Gasteiger partial charge in [0.15, 0.2) is 0 Å². The summed E-state index contributed by atoms with van der Waals surface area (Å²) in [5.41, 5.74) is 4.25. The molecule has 0 bridgehead atoms. The van der Waals surface area contributed by atoms with Gasteiger partial charge in [0.1, 0.15) is 0 Å². The Morgan fingerprint density at radius 3 is 2.34 bits per heavy atom.